The first-order valence-corrected chi connectivity index (χ1v) is 7.72. The third-order valence-electron chi connectivity index (χ3n) is 3.63. The van der Waals surface area contributed by atoms with Gasteiger partial charge in [-0.3, -0.25) is 4.79 Å². The zero-order valence-electron chi connectivity index (χ0n) is 13.1. The van der Waals surface area contributed by atoms with Gasteiger partial charge in [-0.05, 0) is 48.4 Å². The van der Waals surface area contributed by atoms with Crippen LogP contribution < -0.4 is 10.2 Å². The molecule has 0 aliphatic carbocycles. The van der Waals surface area contributed by atoms with Crippen LogP contribution in [0.15, 0.2) is 48.5 Å². The average molecular weight is 317 g/mol. The fourth-order valence-corrected chi connectivity index (χ4v) is 2.39. The lowest BCUT2D eigenvalue weighted by atomic mass is 10.0. The number of benzene rings is 2. The molecule has 1 atom stereocenters. The molecule has 1 N–H and O–H groups in total. The van der Waals surface area contributed by atoms with E-state index in [0.717, 1.165) is 17.7 Å². The molecule has 0 aliphatic rings. The van der Waals surface area contributed by atoms with Gasteiger partial charge in [-0.15, -0.1) is 0 Å². The van der Waals surface area contributed by atoms with E-state index in [0.29, 0.717) is 10.6 Å². The van der Waals surface area contributed by atoms with E-state index in [9.17, 15) is 4.79 Å². The summed E-state index contributed by atoms with van der Waals surface area (Å²) in [6, 6.07) is 15.2. The van der Waals surface area contributed by atoms with Crippen molar-refractivity contribution in [3.63, 3.8) is 0 Å². The summed E-state index contributed by atoms with van der Waals surface area (Å²) in [5, 5.41) is 3.77. The van der Waals surface area contributed by atoms with Crippen LogP contribution in [0.5, 0.6) is 0 Å². The molecule has 0 spiro atoms. The molecule has 22 heavy (non-hydrogen) atoms. The molecule has 2 aromatic rings. The van der Waals surface area contributed by atoms with Crippen molar-refractivity contribution >= 4 is 23.2 Å². The van der Waals surface area contributed by atoms with Crippen LogP contribution in [0.25, 0.3) is 0 Å². The molecule has 2 rings (SSSR count). The summed E-state index contributed by atoms with van der Waals surface area (Å²) in [7, 11) is 3.95. The minimum absolute atomic E-state index is 0.0155. The molecular weight excluding hydrogens is 296 g/mol. The van der Waals surface area contributed by atoms with Gasteiger partial charge < -0.3 is 10.2 Å². The van der Waals surface area contributed by atoms with Gasteiger partial charge >= 0.3 is 0 Å². The van der Waals surface area contributed by atoms with Gasteiger partial charge in [-0.1, -0.05) is 30.7 Å². The standard InChI is InChI=1S/C18H21ClN2O/c1-4-17(13-5-9-15(19)10-6-13)20-18(22)14-7-11-16(12-8-14)21(2)3/h5-12,17H,4H2,1-3H3,(H,20,22). The Morgan fingerprint density at radius 1 is 1.09 bits per heavy atom. The lowest BCUT2D eigenvalue weighted by Gasteiger charge is -2.18. The summed E-state index contributed by atoms with van der Waals surface area (Å²) in [6.07, 6.45) is 0.823. The number of halogens is 1. The van der Waals surface area contributed by atoms with Gasteiger partial charge in [0.15, 0.2) is 0 Å². The minimum Gasteiger partial charge on any atom is -0.378 e. The maximum absolute atomic E-state index is 12.4. The molecule has 0 heterocycles. The smallest absolute Gasteiger partial charge is 0.251 e. The topological polar surface area (TPSA) is 32.3 Å². The van der Waals surface area contributed by atoms with Gasteiger partial charge in [0, 0.05) is 30.4 Å². The predicted octanol–water partition coefficient (Wildman–Crippen LogP) is 4.29. The van der Waals surface area contributed by atoms with E-state index >= 15 is 0 Å². The number of amides is 1. The predicted molar refractivity (Wildman–Crippen MR) is 92.7 cm³/mol. The first kappa shape index (κ1) is 16.4. The van der Waals surface area contributed by atoms with E-state index in [1.165, 1.54) is 0 Å². The molecule has 4 heteroatoms. The second-order valence-corrected chi connectivity index (χ2v) is 5.86. The van der Waals surface area contributed by atoms with Gasteiger partial charge in [0.2, 0.25) is 0 Å². The average Bonchev–Trinajstić information content (AvgIpc) is 2.53. The normalized spacial score (nSPS) is 11.8. The van der Waals surface area contributed by atoms with Crippen molar-refractivity contribution in [3.05, 3.63) is 64.7 Å². The number of anilines is 1. The van der Waals surface area contributed by atoms with Crippen LogP contribution in [0.2, 0.25) is 5.02 Å². The van der Waals surface area contributed by atoms with Crippen molar-refractivity contribution in [1.29, 1.82) is 0 Å². The molecule has 0 fully saturated rings. The van der Waals surface area contributed by atoms with E-state index in [1.807, 2.05) is 67.5 Å². The summed E-state index contributed by atoms with van der Waals surface area (Å²) >= 11 is 5.91. The number of nitrogens with zero attached hydrogens (tertiary/aromatic N) is 1. The number of hydrogen-bond donors (Lipinski definition) is 1. The van der Waals surface area contributed by atoms with Gasteiger partial charge in [0.25, 0.3) is 5.91 Å². The molecular formula is C18H21ClN2O. The van der Waals surface area contributed by atoms with Crippen molar-refractivity contribution < 1.29 is 4.79 Å². The highest BCUT2D eigenvalue weighted by Gasteiger charge is 2.14. The van der Waals surface area contributed by atoms with Crippen molar-refractivity contribution in [1.82, 2.24) is 5.32 Å². The summed E-state index contributed by atoms with van der Waals surface area (Å²) < 4.78 is 0. The molecule has 0 aromatic heterocycles. The zero-order valence-corrected chi connectivity index (χ0v) is 13.9. The Morgan fingerprint density at radius 3 is 2.18 bits per heavy atom. The SMILES string of the molecule is CCC(NC(=O)c1ccc(N(C)C)cc1)c1ccc(Cl)cc1. The largest absolute Gasteiger partial charge is 0.378 e. The van der Waals surface area contributed by atoms with E-state index in [4.69, 9.17) is 11.6 Å². The van der Waals surface area contributed by atoms with E-state index in [1.54, 1.807) is 0 Å². The van der Waals surface area contributed by atoms with Crippen LogP contribution in [0.1, 0.15) is 35.3 Å². The highest BCUT2D eigenvalue weighted by Crippen LogP contribution is 2.20. The van der Waals surface area contributed by atoms with E-state index < -0.39 is 0 Å². The third kappa shape index (κ3) is 4.01. The molecule has 0 aliphatic heterocycles. The molecule has 116 valence electrons. The van der Waals surface area contributed by atoms with E-state index in [2.05, 4.69) is 12.2 Å². The van der Waals surface area contributed by atoms with Gasteiger partial charge in [-0.2, -0.15) is 0 Å². The van der Waals surface area contributed by atoms with Crippen molar-refractivity contribution in [2.45, 2.75) is 19.4 Å². The number of carbonyl (C=O) groups excluding carboxylic acids is 1. The molecule has 0 bridgehead atoms. The Labute approximate surface area is 136 Å². The molecule has 1 amide bonds. The summed E-state index contributed by atoms with van der Waals surface area (Å²) in [5.74, 6) is -0.0629. The maximum Gasteiger partial charge on any atom is 0.251 e. The Balaban J connectivity index is 2.10. The number of hydrogen-bond acceptors (Lipinski definition) is 2. The summed E-state index contributed by atoms with van der Waals surface area (Å²) in [6.45, 7) is 2.05. The highest BCUT2D eigenvalue weighted by molar-refractivity contribution is 6.30. The monoisotopic (exact) mass is 316 g/mol. The second-order valence-electron chi connectivity index (χ2n) is 5.43. The fraction of sp³-hybridized carbons (Fsp3) is 0.278. The summed E-state index contributed by atoms with van der Waals surface area (Å²) in [4.78, 5) is 14.4. The Bertz CT molecular complexity index is 621. The second kappa shape index (κ2) is 7.32. The molecule has 3 nitrogen and oxygen atoms in total. The first-order valence-electron chi connectivity index (χ1n) is 7.35. The van der Waals surface area contributed by atoms with Gasteiger partial charge in [0.05, 0.1) is 6.04 Å². The van der Waals surface area contributed by atoms with Gasteiger partial charge in [-0.25, -0.2) is 0 Å². The van der Waals surface area contributed by atoms with E-state index in [-0.39, 0.29) is 11.9 Å². The Morgan fingerprint density at radius 2 is 1.68 bits per heavy atom. The number of nitrogens with one attached hydrogen (secondary N) is 1. The number of carbonyl (C=O) groups is 1. The van der Waals surface area contributed by atoms with Crippen molar-refractivity contribution in [2.24, 2.45) is 0 Å². The summed E-state index contributed by atoms with van der Waals surface area (Å²) in [5.41, 5.74) is 2.80. The zero-order chi connectivity index (χ0) is 16.1. The van der Waals surface area contributed by atoms with Crippen LogP contribution in [0, 0.1) is 0 Å². The minimum atomic E-state index is -0.0629. The Hall–Kier alpha value is -2.00. The molecule has 2 aromatic carbocycles. The van der Waals surface area contributed by atoms with Crippen molar-refractivity contribution in [3.8, 4) is 0 Å². The molecule has 0 saturated heterocycles. The highest BCUT2D eigenvalue weighted by atomic mass is 35.5. The van der Waals surface area contributed by atoms with Crippen LogP contribution in [-0.4, -0.2) is 20.0 Å². The molecule has 0 saturated carbocycles. The molecule has 0 radical (unpaired) electrons. The first-order chi connectivity index (χ1) is 10.5. The fourth-order valence-electron chi connectivity index (χ4n) is 2.27. The Kier molecular flexibility index (Phi) is 5.45. The van der Waals surface area contributed by atoms with Crippen LogP contribution >= 0.6 is 11.6 Å². The lowest BCUT2D eigenvalue weighted by Crippen LogP contribution is -2.28. The number of rotatable bonds is 5. The maximum atomic E-state index is 12.4. The quantitative estimate of drug-likeness (QED) is 0.892. The van der Waals surface area contributed by atoms with Crippen LogP contribution in [0.4, 0.5) is 5.69 Å². The lowest BCUT2D eigenvalue weighted by molar-refractivity contribution is 0.0935. The van der Waals surface area contributed by atoms with Gasteiger partial charge in [0.1, 0.15) is 0 Å². The molecule has 1 unspecified atom stereocenters. The van der Waals surface area contributed by atoms with Crippen LogP contribution in [0.3, 0.4) is 0 Å². The van der Waals surface area contributed by atoms with Crippen LogP contribution in [-0.2, 0) is 0 Å². The van der Waals surface area contributed by atoms with Crippen molar-refractivity contribution in [2.75, 3.05) is 19.0 Å². The third-order valence-corrected chi connectivity index (χ3v) is 3.88.